The van der Waals surface area contributed by atoms with Gasteiger partial charge in [0.15, 0.2) is 0 Å². The Bertz CT molecular complexity index is 165. The quantitative estimate of drug-likeness (QED) is 0.676. The van der Waals surface area contributed by atoms with Crippen LogP contribution in [0.2, 0.25) is 0 Å². The van der Waals surface area contributed by atoms with Gasteiger partial charge in [0, 0.05) is 13.1 Å². The minimum atomic E-state index is -2.96. The zero-order chi connectivity index (χ0) is 10.1. The van der Waals surface area contributed by atoms with Gasteiger partial charge in [-0.05, 0) is 19.8 Å². The normalized spacial score (nSPS) is 26.3. The molecule has 13 heavy (non-hydrogen) atoms. The Kier molecular flexibility index (Phi) is 3.18. The molecule has 0 aromatic carbocycles. The van der Waals surface area contributed by atoms with Crippen LogP contribution in [0.3, 0.4) is 0 Å². The van der Waals surface area contributed by atoms with Crippen LogP contribution in [0.4, 0.5) is 13.2 Å². The van der Waals surface area contributed by atoms with Crippen LogP contribution in [0.25, 0.3) is 0 Å². The van der Waals surface area contributed by atoms with Gasteiger partial charge in [-0.15, -0.1) is 0 Å². The summed E-state index contributed by atoms with van der Waals surface area (Å²) in [4.78, 5) is 1.07. The van der Waals surface area contributed by atoms with E-state index in [1.54, 1.807) is 6.92 Å². The van der Waals surface area contributed by atoms with Gasteiger partial charge in [0.25, 0.3) is 6.43 Å². The molecule has 0 saturated carbocycles. The monoisotopic (exact) mass is 197 g/mol. The van der Waals surface area contributed by atoms with E-state index in [4.69, 9.17) is 0 Å². The highest BCUT2D eigenvalue weighted by molar-refractivity contribution is 4.82. The number of alkyl halides is 3. The van der Waals surface area contributed by atoms with Crippen molar-refractivity contribution in [1.29, 1.82) is 0 Å². The van der Waals surface area contributed by atoms with Crippen LogP contribution in [0.15, 0.2) is 0 Å². The third kappa shape index (κ3) is 2.84. The fraction of sp³-hybridized carbons (Fsp3) is 1.00. The number of likely N-dealkylation sites (tertiary alicyclic amines) is 1. The highest BCUT2D eigenvalue weighted by Crippen LogP contribution is 2.24. The van der Waals surface area contributed by atoms with Crippen LogP contribution in [-0.4, -0.2) is 41.4 Å². The van der Waals surface area contributed by atoms with Gasteiger partial charge in [-0.3, -0.25) is 4.90 Å². The largest absolute Gasteiger partial charge is 0.390 e. The van der Waals surface area contributed by atoms with Crippen LogP contribution in [0.1, 0.15) is 19.8 Å². The van der Waals surface area contributed by atoms with Crippen molar-refractivity contribution in [1.82, 2.24) is 4.90 Å². The Morgan fingerprint density at radius 3 is 2.08 bits per heavy atom. The molecule has 0 amide bonds. The average Bonchev–Trinajstić information content (AvgIpc) is 2.03. The maximum absolute atomic E-state index is 12.8. The molecule has 0 aliphatic carbocycles. The van der Waals surface area contributed by atoms with Gasteiger partial charge in [-0.25, -0.2) is 13.2 Å². The lowest BCUT2D eigenvalue weighted by atomic mass is 9.94. The summed E-state index contributed by atoms with van der Waals surface area (Å²) in [6.45, 7) is 2.02. The summed E-state index contributed by atoms with van der Waals surface area (Å²) in [7, 11) is 0. The van der Waals surface area contributed by atoms with Gasteiger partial charge in [0.2, 0.25) is 6.30 Å². The van der Waals surface area contributed by atoms with Crippen LogP contribution in [0, 0.1) is 0 Å². The Morgan fingerprint density at radius 1 is 1.23 bits per heavy atom. The summed E-state index contributed by atoms with van der Waals surface area (Å²) in [6, 6.07) is 0. The zero-order valence-electron chi connectivity index (χ0n) is 7.51. The Labute approximate surface area is 75.3 Å². The minimum Gasteiger partial charge on any atom is -0.390 e. The van der Waals surface area contributed by atoms with E-state index < -0.39 is 18.3 Å². The van der Waals surface area contributed by atoms with Crippen LogP contribution in [0.5, 0.6) is 0 Å². The zero-order valence-corrected chi connectivity index (χ0v) is 7.51. The predicted octanol–water partition coefficient (Wildman–Crippen LogP) is 1.39. The molecule has 0 spiro atoms. The topological polar surface area (TPSA) is 23.5 Å². The van der Waals surface area contributed by atoms with Gasteiger partial charge in [0.05, 0.1) is 5.60 Å². The van der Waals surface area contributed by atoms with Gasteiger partial charge in [0.1, 0.15) is 0 Å². The third-order valence-electron chi connectivity index (χ3n) is 2.43. The number of hydrogen-bond acceptors (Lipinski definition) is 2. The summed E-state index contributed by atoms with van der Waals surface area (Å²) < 4.78 is 36.6. The van der Waals surface area contributed by atoms with Gasteiger partial charge >= 0.3 is 0 Å². The SMILES string of the molecule is CC1(O)CCN(C(F)C(F)F)CC1. The molecule has 1 aliphatic heterocycles. The van der Waals surface area contributed by atoms with Crippen molar-refractivity contribution < 1.29 is 18.3 Å². The predicted molar refractivity (Wildman–Crippen MR) is 42.3 cm³/mol. The molecule has 0 aromatic heterocycles. The molecule has 0 radical (unpaired) electrons. The Balaban J connectivity index is 2.41. The van der Waals surface area contributed by atoms with E-state index in [-0.39, 0.29) is 13.1 Å². The molecule has 0 aromatic rings. The van der Waals surface area contributed by atoms with E-state index in [1.807, 2.05) is 0 Å². The van der Waals surface area contributed by atoms with Crippen molar-refractivity contribution in [2.45, 2.75) is 38.1 Å². The number of aliphatic hydroxyl groups is 1. The van der Waals surface area contributed by atoms with Crippen molar-refractivity contribution in [2.24, 2.45) is 0 Å². The van der Waals surface area contributed by atoms with Gasteiger partial charge < -0.3 is 5.11 Å². The molecule has 78 valence electrons. The van der Waals surface area contributed by atoms with E-state index in [0.717, 1.165) is 4.90 Å². The van der Waals surface area contributed by atoms with Crippen LogP contribution in [-0.2, 0) is 0 Å². The highest BCUT2D eigenvalue weighted by atomic mass is 19.3. The molecule has 1 atom stereocenters. The first-order valence-electron chi connectivity index (χ1n) is 4.31. The van der Waals surface area contributed by atoms with E-state index in [2.05, 4.69) is 0 Å². The van der Waals surface area contributed by atoms with E-state index in [9.17, 15) is 18.3 Å². The molecule has 1 heterocycles. The van der Waals surface area contributed by atoms with Gasteiger partial charge in [-0.2, -0.15) is 0 Å². The standard InChI is InChI=1S/C8H14F3NO/c1-8(13)2-4-12(5-3-8)7(11)6(9)10/h6-7,13H,2-5H2,1H3. The number of piperidine rings is 1. The molecular formula is C8H14F3NO. The second-order valence-corrected chi connectivity index (χ2v) is 3.74. The Morgan fingerprint density at radius 2 is 1.69 bits per heavy atom. The van der Waals surface area contributed by atoms with E-state index >= 15 is 0 Å². The lowest BCUT2D eigenvalue weighted by molar-refractivity contribution is -0.0887. The molecule has 2 nitrogen and oxygen atoms in total. The lowest BCUT2D eigenvalue weighted by Gasteiger charge is -2.36. The minimum absolute atomic E-state index is 0.193. The molecular weight excluding hydrogens is 183 g/mol. The number of hydrogen-bond donors (Lipinski definition) is 1. The summed E-state index contributed by atoms with van der Waals surface area (Å²) >= 11 is 0. The first kappa shape index (κ1) is 10.8. The van der Waals surface area contributed by atoms with E-state index in [0.29, 0.717) is 12.8 Å². The second-order valence-electron chi connectivity index (χ2n) is 3.74. The van der Waals surface area contributed by atoms with Crippen molar-refractivity contribution >= 4 is 0 Å². The molecule has 1 fully saturated rings. The molecule has 0 bridgehead atoms. The fourth-order valence-corrected chi connectivity index (χ4v) is 1.41. The smallest absolute Gasteiger partial charge is 0.282 e. The first-order valence-corrected chi connectivity index (χ1v) is 4.31. The summed E-state index contributed by atoms with van der Waals surface area (Å²) in [6.07, 6.45) is -4.44. The molecule has 1 rings (SSSR count). The maximum Gasteiger partial charge on any atom is 0.282 e. The molecule has 5 heteroatoms. The summed E-state index contributed by atoms with van der Waals surface area (Å²) in [5, 5.41) is 9.48. The maximum atomic E-state index is 12.8. The summed E-state index contributed by atoms with van der Waals surface area (Å²) in [5.74, 6) is 0. The number of rotatable bonds is 2. The van der Waals surface area contributed by atoms with Crippen molar-refractivity contribution in [3.8, 4) is 0 Å². The molecule has 1 unspecified atom stereocenters. The van der Waals surface area contributed by atoms with Crippen LogP contribution >= 0.6 is 0 Å². The average molecular weight is 197 g/mol. The number of nitrogens with zero attached hydrogens (tertiary/aromatic N) is 1. The van der Waals surface area contributed by atoms with Crippen molar-refractivity contribution in [3.05, 3.63) is 0 Å². The van der Waals surface area contributed by atoms with Crippen molar-refractivity contribution in [3.63, 3.8) is 0 Å². The molecule has 1 aliphatic rings. The third-order valence-corrected chi connectivity index (χ3v) is 2.43. The Hall–Kier alpha value is -0.290. The lowest BCUT2D eigenvalue weighted by Crippen LogP contribution is -2.47. The number of halogens is 3. The van der Waals surface area contributed by atoms with Crippen molar-refractivity contribution in [2.75, 3.05) is 13.1 Å². The second kappa shape index (κ2) is 3.84. The highest BCUT2D eigenvalue weighted by Gasteiger charge is 2.34. The van der Waals surface area contributed by atoms with Gasteiger partial charge in [-0.1, -0.05) is 0 Å². The molecule has 1 N–H and O–H groups in total. The van der Waals surface area contributed by atoms with Crippen LogP contribution < -0.4 is 0 Å². The molecule has 1 saturated heterocycles. The van der Waals surface area contributed by atoms with E-state index in [1.165, 1.54) is 0 Å². The fourth-order valence-electron chi connectivity index (χ4n) is 1.41. The first-order chi connectivity index (χ1) is 5.92. The summed E-state index contributed by atoms with van der Waals surface area (Å²) in [5.41, 5.74) is -0.821.